The molecule has 1 aliphatic carbocycles. The molecule has 0 radical (unpaired) electrons. The quantitative estimate of drug-likeness (QED) is 0.645. The molecule has 0 saturated carbocycles. The van der Waals surface area contributed by atoms with E-state index < -0.39 is 0 Å². The van der Waals surface area contributed by atoms with Gasteiger partial charge < -0.3 is 5.32 Å². The Morgan fingerprint density at radius 1 is 1.00 bits per heavy atom. The second-order valence-corrected chi connectivity index (χ2v) is 7.51. The largest absolute Gasteiger partial charge is 0.353 e. The monoisotopic (exact) mass is 375 g/mol. The number of nitrogens with one attached hydrogen (secondary N) is 1. The van der Waals surface area contributed by atoms with Gasteiger partial charge in [-0.1, -0.05) is 42.8 Å². The van der Waals surface area contributed by atoms with Gasteiger partial charge >= 0.3 is 0 Å². The summed E-state index contributed by atoms with van der Waals surface area (Å²) in [5, 5.41) is 3.81. The number of amides is 1. The predicted molar refractivity (Wildman–Crippen MR) is 110 cm³/mol. The lowest BCUT2D eigenvalue weighted by Gasteiger charge is -2.12. The normalized spacial score (nSPS) is 13.6. The summed E-state index contributed by atoms with van der Waals surface area (Å²) in [5.74, 6) is 0.127. The van der Waals surface area contributed by atoms with Crippen molar-refractivity contribution in [1.82, 2.24) is 14.9 Å². The Bertz CT molecular complexity index is 1020. The van der Waals surface area contributed by atoms with Gasteiger partial charge in [-0.2, -0.15) is 0 Å². The van der Waals surface area contributed by atoms with Crippen LogP contribution in [-0.4, -0.2) is 21.5 Å². The average molecular weight is 375 g/mol. The molecule has 1 N–H and O–H groups in total. The van der Waals surface area contributed by atoms with Gasteiger partial charge in [0.05, 0.1) is 17.2 Å². The van der Waals surface area contributed by atoms with Crippen molar-refractivity contribution in [2.75, 3.05) is 0 Å². The summed E-state index contributed by atoms with van der Waals surface area (Å²) in [5.41, 5.74) is 3.43. The fourth-order valence-electron chi connectivity index (χ4n) is 3.97. The Morgan fingerprint density at radius 2 is 1.71 bits per heavy atom. The molecule has 0 bridgehead atoms. The number of aryl methyl sites for hydroxylation is 1. The lowest BCUT2D eigenvalue weighted by atomic mass is 10.1. The summed E-state index contributed by atoms with van der Waals surface area (Å²) in [6, 6.07) is 16.0. The van der Waals surface area contributed by atoms with Crippen molar-refractivity contribution >= 4 is 16.8 Å². The number of hydrogen-bond donors (Lipinski definition) is 1. The van der Waals surface area contributed by atoms with E-state index >= 15 is 0 Å². The first-order chi connectivity index (χ1) is 13.7. The van der Waals surface area contributed by atoms with Gasteiger partial charge in [-0.15, -0.1) is 0 Å². The first-order valence-corrected chi connectivity index (χ1v) is 10.0. The molecule has 5 heteroatoms. The van der Waals surface area contributed by atoms with E-state index in [1.807, 2.05) is 24.3 Å². The van der Waals surface area contributed by atoms with Crippen molar-refractivity contribution in [2.45, 2.75) is 51.1 Å². The average Bonchev–Trinajstić information content (AvgIpc) is 3.11. The molecule has 0 spiro atoms. The van der Waals surface area contributed by atoms with E-state index in [0.29, 0.717) is 18.4 Å². The van der Waals surface area contributed by atoms with Crippen LogP contribution in [0, 0.1) is 0 Å². The highest BCUT2D eigenvalue weighted by atomic mass is 16.1. The van der Waals surface area contributed by atoms with E-state index in [1.165, 1.54) is 11.1 Å². The number of hydrogen-bond acceptors (Lipinski definition) is 3. The topological polar surface area (TPSA) is 64.0 Å². The first-order valence-electron chi connectivity index (χ1n) is 10.0. The SMILES string of the molecule is O=C(CCCCCn1cnc2ccccc2c1=O)NC1Cc2ccccc2C1. The number of fused-ring (bicyclic) bond motifs is 2. The summed E-state index contributed by atoms with van der Waals surface area (Å²) in [4.78, 5) is 29.0. The molecule has 3 aromatic rings. The Morgan fingerprint density at radius 3 is 2.50 bits per heavy atom. The summed E-state index contributed by atoms with van der Waals surface area (Å²) in [6.45, 7) is 0.635. The van der Waals surface area contributed by atoms with Crippen LogP contribution in [0.1, 0.15) is 36.8 Å². The minimum atomic E-state index is 0.00384. The van der Waals surface area contributed by atoms with Crippen LogP contribution in [0.5, 0.6) is 0 Å². The van der Waals surface area contributed by atoms with Crippen LogP contribution in [0.25, 0.3) is 10.9 Å². The van der Waals surface area contributed by atoms with Gasteiger partial charge in [0.1, 0.15) is 0 Å². The predicted octanol–water partition coefficient (Wildman–Crippen LogP) is 3.24. The third-order valence-electron chi connectivity index (χ3n) is 5.45. The van der Waals surface area contributed by atoms with Crippen LogP contribution in [0.3, 0.4) is 0 Å². The van der Waals surface area contributed by atoms with E-state index in [9.17, 15) is 9.59 Å². The summed E-state index contributed by atoms with van der Waals surface area (Å²) >= 11 is 0. The second kappa shape index (κ2) is 8.38. The molecule has 0 atom stereocenters. The van der Waals surface area contributed by atoms with Gasteiger partial charge in [-0.3, -0.25) is 14.2 Å². The van der Waals surface area contributed by atoms with Gasteiger partial charge in [0, 0.05) is 19.0 Å². The van der Waals surface area contributed by atoms with Gasteiger partial charge in [-0.05, 0) is 48.9 Å². The van der Waals surface area contributed by atoms with Crippen LogP contribution in [0.15, 0.2) is 59.7 Å². The van der Waals surface area contributed by atoms with E-state index in [2.05, 4.69) is 34.6 Å². The smallest absolute Gasteiger partial charge is 0.261 e. The van der Waals surface area contributed by atoms with Crippen LogP contribution in [-0.2, 0) is 24.2 Å². The highest BCUT2D eigenvalue weighted by molar-refractivity contribution is 5.77. The molecule has 1 aromatic heterocycles. The first kappa shape index (κ1) is 18.4. The second-order valence-electron chi connectivity index (χ2n) is 7.51. The molecule has 0 saturated heterocycles. The molecule has 144 valence electrons. The summed E-state index contributed by atoms with van der Waals surface area (Å²) in [6.07, 6.45) is 6.63. The van der Waals surface area contributed by atoms with Crippen molar-refractivity contribution in [2.24, 2.45) is 0 Å². The van der Waals surface area contributed by atoms with Crippen LogP contribution < -0.4 is 10.9 Å². The number of carbonyl (C=O) groups excluding carboxylic acids is 1. The molecule has 0 fully saturated rings. The fraction of sp³-hybridized carbons (Fsp3) is 0.348. The number of carbonyl (C=O) groups is 1. The van der Waals surface area contributed by atoms with Crippen LogP contribution in [0.4, 0.5) is 0 Å². The molecule has 4 rings (SSSR count). The minimum absolute atomic E-state index is 0.00384. The molecule has 1 aliphatic rings. The number of nitrogens with zero attached hydrogens (tertiary/aromatic N) is 2. The Kier molecular flexibility index (Phi) is 5.51. The number of aromatic nitrogens is 2. The Hall–Kier alpha value is -2.95. The molecule has 5 nitrogen and oxygen atoms in total. The standard InChI is InChI=1S/C23H25N3O2/c27-22(25-19-14-17-8-3-4-9-18(17)15-19)12-2-1-7-13-26-16-24-21-11-6-5-10-20(21)23(26)28/h3-6,8-11,16,19H,1-2,7,12-15H2,(H,25,27). The molecule has 1 amide bonds. The van der Waals surface area contributed by atoms with Gasteiger partial charge in [0.2, 0.25) is 5.91 Å². The van der Waals surface area contributed by atoms with Crippen LogP contribution in [0.2, 0.25) is 0 Å². The minimum Gasteiger partial charge on any atom is -0.353 e. The van der Waals surface area contributed by atoms with E-state index in [1.54, 1.807) is 10.9 Å². The third-order valence-corrected chi connectivity index (χ3v) is 5.45. The van der Waals surface area contributed by atoms with Gasteiger partial charge in [0.25, 0.3) is 5.56 Å². The van der Waals surface area contributed by atoms with Gasteiger partial charge in [-0.25, -0.2) is 4.98 Å². The van der Waals surface area contributed by atoms with Crippen molar-refractivity contribution in [1.29, 1.82) is 0 Å². The van der Waals surface area contributed by atoms with E-state index in [-0.39, 0.29) is 17.5 Å². The molecular weight excluding hydrogens is 350 g/mol. The van der Waals surface area contributed by atoms with Crippen molar-refractivity contribution in [3.8, 4) is 0 Å². The molecule has 28 heavy (non-hydrogen) atoms. The van der Waals surface area contributed by atoms with Gasteiger partial charge in [0.15, 0.2) is 0 Å². The maximum absolute atomic E-state index is 12.4. The van der Waals surface area contributed by atoms with Crippen LogP contribution >= 0.6 is 0 Å². The Balaban J connectivity index is 1.19. The zero-order valence-electron chi connectivity index (χ0n) is 15.9. The fourth-order valence-corrected chi connectivity index (χ4v) is 3.97. The van der Waals surface area contributed by atoms with E-state index in [4.69, 9.17) is 0 Å². The van der Waals surface area contributed by atoms with Crippen molar-refractivity contribution in [3.05, 3.63) is 76.3 Å². The summed E-state index contributed by atoms with van der Waals surface area (Å²) in [7, 11) is 0. The molecule has 0 aliphatic heterocycles. The maximum Gasteiger partial charge on any atom is 0.261 e. The number of rotatable bonds is 7. The molecule has 0 unspecified atom stereocenters. The number of unbranched alkanes of at least 4 members (excludes halogenated alkanes) is 2. The number of benzene rings is 2. The summed E-state index contributed by atoms with van der Waals surface area (Å²) < 4.78 is 1.66. The zero-order chi connectivity index (χ0) is 19.3. The highest BCUT2D eigenvalue weighted by Gasteiger charge is 2.21. The molecule has 2 aromatic carbocycles. The lowest BCUT2D eigenvalue weighted by Crippen LogP contribution is -2.35. The number of para-hydroxylation sites is 1. The molecule has 1 heterocycles. The zero-order valence-corrected chi connectivity index (χ0v) is 15.9. The highest BCUT2D eigenvalue weighted by Crippen LogP contribution is 2.21. The molecular formula is C23H25N3O2. The lowest BCUT2D eigenvalue weighted by molar-refractivity contribution is -0.121. The van der Waals surface area contributed by atoms with Crippen molar-refractivity contribution in [3.63, 3.8) is 0 Å². The third kappa shape index (κ3) is 4.14. The van der Waals surface area contributed by atoms with E-state index in [0.717, 1.165) is 37.6 Å². The van der Waals surface area contributed by atoms with Crippen molar-refractivity contribution < 1.29 is 4.79 Å². The Labute approximate surface area is 164 Å². The maximum atomic E-state index is 12.4.